The number of fused-ring (bicyclic) bond motifs is 1. The van der Waals surface area contributed by atoms with E-state index < -0.39 is 5.97 Å². The van der Waals surface area contributed by atoms with E-state index in [1.807, 2.05) is 12.1 Å². The van der Waals surface area contributed by atoms with E-state index >= 15 is 0 Å². The number of anilines is 1. The van der Waals surface area contributed by atoms with Gasteiger partial charge >= 0.3 is 5.97 Å². The van der Waals surface area contributed by atoms with Gasteiger partial charge in [-0.25, -0.2) is 9.78 Å². The summed E-state index contributed by atoms with van der Waals surface area (Å²) >= 11 is 0. The fourth-order valence-corrected chi connectivity index (χ4v) is 2.95. The number of methoxy groups -OCH3 is 1. The molecule has 1 aliphatic rings. The predicted octanol–water partition coefficient (Wildman–Crippen LogP) is 3.49. The number of carbonyl (C=O) groups excluding carboxylic acids is 2. The molecule has 1 saturated carbocycles. The van der Waals surface area contributed by atoms with Crippen LogP contribution >= 0.6 is 0 Å². The number of benzene rings is 1. The van der Waals surface area contributed by atoms with E-state index in [9.17, 15) is 9.59 Å². The van der Waals surface area contributed by atoms with E-state index in [4.69, 9.17) is 0 Å². The van der Waals surface area contributed by atoms with Crippen LogP contribution in [0, 0.1) is 5.92 Å². The Bertz CT molecular complexity index is 972. The van der Waals surface area contributed by atoms with E-state index in [1.165, 1.54) is 20.0 Å². The van der Waals surface area contributed by atoms with Gasteiger partial charge in [0, 0.05) is 36.0 Å². The molecule has 1 aromatic carbocycles. The molecule has 0 unspecified atom stereocenters. The van der Waals surface area contributed by atoms with E-state index in [0.29, 0.717) is 16.9 Å². The lowest BCUT2D eigenvalue weighted by Gasteiger charge is -2.08. The molecular weight excluding hydrogens is 330 g/mol. The number of nitrogens with zero attached hydrogens (tertiary/aromatic N) is 2. The lowest BCUT2D eigenvalue weighted by Crippen LogP contribution is -2.13. The summed E-state index contributed by atoms with van der Waals surface area (Å²) in [5.41, 5.74) is 1.93. The van der Waals surface area contributed by atoms with Crippen molar-refractivity contribution >= 4 is 28.6 Å². The number of amides is 1. The first kappa shape index (κ1) is 16.3. The second kappa shape index (κ2) is 6.63. The van der Waals surface area contributed by atoms with Gasteiger partial charge in [-0.1, -0.05) is 0 Å². The molecule has 132 valence electrons. The van der Waals surface area contributed by atoms with Crippen molar-refractivity contribution < 1.29 is 14.3 Å². The molecule has 6 heteroatoms. The molecule has 1 fully saturated rings. The summed E-state index contributed by atoms with van der Waals surface area (Å²) in [5.74, 6) is 0.578. The average molecular weight is 349 g/mol. The monoisotopic (exact) mass is 349 g/mol. The van der Waals surface area contributed by atoms with Crippen LogP contribution in [0.25, 0.3) is 10.9 Å². The van der Waals surface area contributed by atoms with E-state index in [1.54, 1.807) is 30.5 Å². The van der Waals surface area contributed by atoms with Crippen LogP contribution in [0.15, 0.2) is 48.8 Å². The van der Waals surface area contributed by atoms with Gasteiger partial charge in [-0.3, -0.25) is 4.79 Å². The molecule has 3 aromatic rings. The first-order chi connectivity index (χ1) is 12.6. The van der Waals surface area contributed by atoms with Crippen LogP contribution < -0.4 is 5.32 Å². The Hall–Kier alpha value is -3.15. The fourth-order valence-electron chi connectivity index (χ4n) is 2.95. The van der Waals surface area contributed by atoms with Crippen molar-refractivity contribution in [3.8, 4) is 0 Å². The van der Waals surface area contributed by atoms with Crippen LogP contribution in [0.5, 0.6) is 0 Å². The highest BCUT2D eigenvalue weighted by atomic mass is 16.5. The van der Waals surface area contributed by atoms with Crippen LogP contribution in [0.1, 0.15) is 33.6 Å². The molecule has 0 saturated heterocycles. The second-order valence-corrected chi connectivity index (χ2v) is 6.56. The molecule has 4 rings (SSSR count). The molecule has 0 bridgehead atoms. The number of esters is 1. The smallest absolute Gasteiger partial charge is 0.337 e. The zero-order chi connectivity index (χ0) is 18.1. The van der Waals surface area contributed by atoms with E-state index in [2.05, 4.69) is 25.8 Å². The number of aromatic nitrogens is 2. The van der Waals surface area contributed by atoms with Crippen molar-refractivity contribution in [2.75, 3.05) is 12.4 Å². The van der Waals surface area contributed by atoms with Crippen LogP contribution in [-0.2, 0) is 11.3 Å². The zero-order valence-electron chi connectivity index (χ0n) is 14.4. The summed E-state index contributed by atoms with van der Waals surface area (Å²) in [6, 6.07) is 10.3. The average Bonchev–Trinajstić information content (AvgIpc) is 3.41. The highest BCUT2D eigenvalue weighted by Crippen LogP contribution is 2.32. The van der Waals surface area contributed by atoms with E-state index in [-0.39, 0.29) is 5.91 Å². The van der Waals surface area contributed by atoms with Gasteiger partial charge in [0.1, 0.15) is 5.82 Å². The Labute approximate surface area is 150 Å². The predicted molar refractivity (Wildman–Crippen MR) is 98.2 cm³/mol. The molecule has 0 atom stereocenters. The molecule has 2 aromatic heterocycles. The maximum absolute atomic E-state index is 12.4. The lowest BCUT2D eigenvalue weighted by atomic mass is 10.1. The molecule has 0 aliphatic heterocycles. The third-order valence-electron chi connectivity index (χ3n) is 4.62. The van der Waals surface area contributed by atoms with Gasteiger partial charge in [-0.05, 0) is 49.1 Å². The molecule has 6 nitrogen and oxygen atoms in total. The van der Waals surface area contributed by atoms with Gasteiger partial charge in [-0.2, -0.15) is 0 Å². The van der Waals surface area contributed by atoms with Crippen molar-refractivity contribution in [3.63, 3.8) is 0 Å². The maximum atomic E-state index is 12.4. The number of carbonyl (C=O) groups is 2. The number of ether oxygens (including phenoxy) is 1. The number of rotatable bonds is 5. The molecule has 26 heavy (non-hydrogen) atoms. The Morgan fingerprint density at radius 3 is 2.62 bits per heavy atom. The van der Waals surface area contributed by atoms with Crippen molar-refractivity contribution in [2.45, 2.75) is 19.4 Å². The van der Waals surface area contributed by atoms with Crippen molar-refractivity contribution in [1.29, 1.82) is 0 Å². The van der Waals surface area contributed by atoms with Crippen molar-refractivity contribution in [2.24, 2.45) is 5.92 Å². The number of hydrogen-bond donors (Lipinski definition) is 1. The largest absolute Gasteiger partial charge is 0.465 e. The highest BCUT2D eigenvalue weighted by molar-refractivity contribution is 6.05. The normalized spacial score (nSPS) is 13.6. The maximum Gasteiger partial charge on any atom is 0.337 e. The summed E-state index contributed by atoms with van der Waals surface area (Å²) in [6.07, 6.45) is 6.42. The zero-order valence-corrected chi connectivity index (χ0v) is 14.4. The summed E-state index contributed by atoms with van der Waals surface area (Å²) in [4.78, 5) is 28.2. The standard InChI is InChI=1S/C20H19N3O3/c1-26-20(25)15-6-4-14(5-7-15)19(24)22-18-10-17-16(11-21-18)8-9-23(17)12-13-2-3-13/h4-11,13H,2-3,12H2,1H3,(H,21,22,24). The molecular formula is C20H19N3O3. The van der Waals surface area contributed by atoms with Gasteiger partial charge < -0.3 is 14.6 Å². The van der Waals surface area contributed by atoms with Gasteiger partial charge in [0.2, 0.25) is 0 Å². The summed E-state index contributed by atoms with van der Waals surface area (Å²) in [6.45, 7) is 1.01. The Kier molecular flexibility index (Phi) is 4.16. The minimum Gasteiger partial charge on any atom is -0.465 e. The van der Waals surface area contributed by atoms with Crippen LogP contribution in [-0.4, -0.2) is 28.5 Å². The van der Waals surface area contributed by atoms with Gasteiger partial charge in [-0.15, -0.1) is 0 Å². The van der Waals surface area contributed by atoms with E-state index in [0.717, 1.165) is 23.4 Å². The molecule has 0 radical (unpaired) electrons. The number of pyridine rings is 1. The Morgan fingerprint density at radius 2 is 1.92 bits per heavy atom. The first-order valence-electron chi connectivity index (χ1n) is 8.58. The minimum atomic E-state index is -0.430. The second-order valence-electron chi connectivity index (χ2n) is 6.56. The summed E-state index contributed by atoms with van der Waals surface area (Å²) < 4.78 is 6.87. The molecule has 0 spiro atoms. The van der Waals surface area contributed by atoms with Crippen molar-refractivity contribution in [1.82, 2.24) is 9.55 Å². The fraction of sp³-hybridized carbons (Fsp3) is 0.250. The SMILES string of the molecule is COC(=O)c1ccc(C(=O)Nc2cc3c(ccn3CC3CC3)cn2)cc1. The third-order valence-corrected chi connectivity index (χ3v) is 4.62. The number of hydrogen-bond acceptors (Lipinski definition) is 4. The van der Waals surface area contributed by atoms with Gasteiger partial charge in [0.15, 0.2) is 0 Å². The molecule has 2 heterocycles. The topological polar surface area (TPSA) is 73.2 Å². The van der Waals surface area contributed by atoms with Crippen molar-refractivity contribution in [3.05, 3.63) is 59.9 Å². The summed E-state index contributed by atoms with van der Waals surface area (Å²) in [5, 5.41) is 3.88. The highest BCUT2D eigenvalue weighted by Gasteiger charge is 2.22. The number of nitrogens with one attached hydrogen (secondary N) is 1. The first-order valence-corrected chi connectivity index (χ1v) is 8.58. The molecule has 1 aliphatic carbocycles. The molecule has 1 N–H and O–H groups in total. The molecule has 1 amide bonds. The summed E-state index contributed by atoms with van der Waals surface area (Å²) in [7, 11) is 1.32. The van der Waals surface area contributed by atoms with Crippen LogP contribution in [0.2, 0.25) is 0 Å². The van der Waals surface area contributed by atoms with Crippen LogP contribution in [0.4, 0.5) is 5.82 Å². The quantitative estimate of drug-likeness (QED) is 0.716. The minimum absolute atomic E-state index is 0.270. The lowest BCUT2D eigenvalue weighted by molar-refractivity contribution is 0.0600. The third kappa shape index (κ3) is 3.31. The van der Waals surface area contributed by atoms with Gasteiger partial charge in [0.05, 0.1) is 18.2 Å². The van der Waals surface area contributed by atoms with Gasteiger partial charge in [0.25, 0.3) is 5.91 Å². The Balaban J connectivity index is 1.52. The Morgan fingerprint density at radius 1 is 1.19 bits per heavy atom. The van der Waals surface area contributed by atoms with Crippen LogP contribution in [0.3, 0.4) is 0 Å².